The molecule has 1 aliphatic heterocycles. The van der Waals surface area contributed by atoms with E-state index in [1.54, 1.807) is 12.1 Å². The Labute approximate surface area is 248 Å². The highest BCUT2D eigenvalue weighted by Gasteiger charge is 2.38. The maximum atomic E-state index is 13.6. The number of rotatable bonds is 8. The van der Waals surface area contributed by atoms with Crippen LogP contribution >= 0.6 is 0 Å². The Balaban J connectivity index is 1.16. The molecular weight excluding hydrogens is 569 g/mol. The Hall–Kier alpha value is -4.54. The first-order valence-electron chi connectivity index (χ1n) is 14.1. The van der Waals surface area contributed by atoms with E-state index in [9.17, 15) is 22.4 Å². The molecule has 10 heteroatoms. The molecule has 1 aromatic heterocycles. The number of aryl methyl sites for hydroxylation is 1. The molecule has 0 radical (unpaired) electrons. The molecule has 6 rings (SSSR count). The van der Waals surface area contributed by atoms with Crippen LogP contribution in [0.5, 0.6) is 0 Å². The smallest absolute Gasteiger partial charge is 0.308 e. The van der Waals surface area contributed by atoms with Gasteiger partial charge in [-0.25, -0.2) is 12.8 Å². The minimum Gasteiger partial charge on any atom is -0.456 e. The molecule has 0 saturated heterocycles. The van der Waals surface area contributed by atoms with Crippen molar-refractivity contribution >= 4 is 49.4 Å². The number of esters is 1. The second-order valence-corrected chi connectivity index (χ2v) is 12.3. The van der Waals surface area contributed by atoms with Crippen molar-refractivity contribution in [3.63, 3.8) is 0 Å². The van der Waals surface area contributed by atoms with Crippen LogP contribution in [-0.2, 0) is 37.3 Å². The summed E-state index contributed by atoms with van der Waals surface area (Å²) in [4.78, 5) is 25.7. The Morgan fingerprint density at radius 3 is 2.44 bits per heavy atom. The molecule has 4 aromatic carbocycles. The van der Waals surface area contributed by atoms with Gasteiger partial charge in [0.25, 0.3) is 5.91 Å². The summed E-state index contributed by atoms with van der Waals surface area (Å²) in [7, 11) is -4.04. The summed E-state index contributed by atoms with van der Waals surface area (Å²) in [6.07, 6.45) is 0.180. The fraction of sp³-hybridized carbons (Fsp3) is 0.212. The number of benzene rings is 4. The lowest BCUT2D eigenvalue weighted by molar-refractivity contribution is -0.148. The van der Waals surface area contributed by atoms with E-state index in [1.807, 2.05) is 48.5 Å². The van der Waals surface area contributed by atoms with Gasteiger partial charge >= 0.3 is 5.97 Å². The molecule has 220 valence electrons. The van der Waals surface area contributed by atoms with E-state index in [-0.39, 0.29) is 17.9 Å². The summed E-state index contributed by atoms with van der Waals surface area (Å²) in [6, 6.07) is 24.8. The number of halogens is 1. The predicted molar refractivity (Wildman–Crippen MR) is 163 cm³/mol. The van der Waals surface area contributed by atoms with Gasteiger partial charge in [0, 0.05) is 40.6 Å². The number of hydrogen-bond acceptors (Lipinski definition) is 5. The zero-order valence-corrected chi connectivity index (χ0v) is 24.3. The van der Waals surface area contributed by atoms with Crippen molar-refractivity contribution in [3.05, 3.63) is 108 Å². The van der Waals surface area contributed by atoms with E-state index in [0.717, 1.165) is 46.0 Å². The number of anilines is 1. The van der Waals surface area contributed by atoms with Crippen molar-refractivity contribution in [2.75, 3.05) is 18.5 Å². The third-order valence-corrected chi connectivity index (χ3v) is 9.80. The van der Waals surface area contributed by atoms with E-state index in [2.05, 4.69) is 22.9 Å². The number of sulfonamides is 1. The lowest BCUT2D eigenvalue weighted by Gasteiger charge is -2.36. The summed E-state index contributed by atoms with van der Waals surface area (Å²) < 4.78 is 49.4. The highest BCUT2D eigenvalue weighted by molar-refractivity contribution is 7.89. The third-order valence-electron chi connectivity index (χ3n) is 7.88. The number of ether oxygens (including phenoxy) is 1. The normalized spacial score (nSPS) is 15.3. The molecule has 1 amide bonds. The van der Waals surface area contributed by atoms with Crippen LogP contribution in [0.15, 0.2) is 95.9 Å². The van der Waals surface area contributed by atoms with Crippen molar-refractivity contribution in [2.24, 2.45) is 0 Å². The highest BCUT2D eigenvalue weighted by atomic mass is 32.2. The van der Waals surface area contributed by atoms with E-state index < -0.39 is 40.4 Å². The molecule has 0 fully saturated rings. The number of carbonyl (C=O) groups excluding carboxylic acids is 2. The molecule has 2 heterocycles. The highest BCUT2D eigenvalue weighted by Crippen LogP contribution is 2.37. The first-order chi connectivity index (χ1) is 20.8. The summed E-state index contributed by atoms with van der Waals surface area (Å²) in [5, 5.41) is 4.88. The van der Waals surface area contributed by atoms with Crippen molar-refractivity contribution in [1.82, 2.24) is 8.87 Å². The van der Waals surface area contributed by atoms with Crippen molar-refractivity contribution in [2.45, 2.75) is 37.2 Å². The van der Waals surface area contributed by atoms with Crippen LogP contribution in [0, 0.1) is 5.82 Å². The van der Waals surface area contributed by atoms with Gasteiger partial charge in [-0.1, -0.05) is 42.5 Å². The summed E-state index contributed by atoms with van der Waals surface area (Å²) in [5.41, 5.74) is 4.37. The van der Waals surface area contributed by atoms with Gasteiger partial charge < -0.3 is 14.6 Å². The van der Waals surface area contributed by atoms with Gasteiger partial charge in [0.05, 0.1) is 17.4 Å². The van der Waals surface area contributed by atoms with Gasteiger partial charge in [0.2, 0.25) is 10.0 Å². The fourth-order valence-corrected chi connectivity index (χ4v) is 7.51. The van der Waals surface area contributed by atoms with Crippen LogP contribution < -0.4 is 5.32 Å². The van der Waals surface area contributed by atoms with Crippen molar-refractivity contribution < 1.29 is 27.1 Å². The average Bonchev–Trinajstić information content (AvgIpc) is 3.33. The predicted octanol–water partition coefficient (Wildman–Crippen LogP) is 5.81. The van der Waals surface area contributed by atoms with Gasteiger partial charge in [-0.3, -0.25) is 9.59 Å². The second kappa shape index (κ2) is 11.6. The molecule has 1 aliphatic rings. The Morgan fingerprint density at radius 2 is 1.65 bits per heavy atom. The lowest BCUT2D eigenvalue weighted by atomic mass is 9.92. The quantitative estimate of drug-likeness (QED) is 0.227. The van der Waals surface area contributed by atoms with Gasteiger partial charge in [-0.2, -0.15) is 4.31 Å². The molecular formula is C33H30FN3O5S. The third kappa shape index (κ3) is 5.51. The number of carbonyl (C=O) groups is 2. The SMILES string of the molecule is CCn1c2ccccc2c2cc(NC(=O)COC(=O)CC3c4ccccc4CCN3S(=O)(=O)c3ccc(F)cc3)ccc21. The van der Waals surface area contributed by atoms with Crippen molar-refractivity contribution in [1.29, 1.82) is 0 Å². The van der Waals surface area contributed by atoms with E-state index in [1.165, 1.54) is 16.4 Å². The number of nitrogens with one attached hydrogen (secondary N) is 1. The van der Waals surface area contributed by atoms with Crippen LogP contribution in [0.25, 0.3) is 21.8 Å². The number of aromatic nitrogens is 1. The topological polar surface area (TPSA) is 97.7 Å². The number of para-hydroxylation sites is 1. The minimum absolute atomic E-state index is 0.0648. The zero-order chi connectivity index (χ0) is 30.1. The maximum Gasteiger partial charge on any atom is 0.308 e. The fourth-order valence-electron chi connectivity index (χ4n) is 5.90. The molecule has 0 aliphatic carbocycles. The van der Waals surface area contributed by atoms with E-state index in [4.69, 9.17) is 4.74 Å². The summed E-state index contributed by atoms with van der Waals surface area (Å²) in [6.45, 7) is 2.51. The van der Waals surface area contributed by atoms with Gasteiger partial charge in [-0.05, 0) is 73.0 Å². The minimum atomic E-state index is -4.04. The largest absolute Gasteiger partial charge is 0.456 e. The van der Waals surface area contributed by atoms with Gasteiger partial charge in [-0.15, -0.1) is 0 Å². The van der Waals surface area contributed by atoms with E-state index in [0.29, 0.717) is 17.7 Å². The number of nitrogens with zero attached hydrogens (tertiary/aromatic N) is 2. The number of fused-ring (bicyclic) bond motifs is 4. The Kier molecular flexibility index (Phi) is 7.72. The van der Waals surface area contributed by atoms with Gasteiger partial charge in [0.1, 0.15) is 5.82 Å². The summed E-state index contributed by atoms with van der Waals surface area (Å²) >= 11 is 0. The Bertz CT molecular complexity index is 1950. The van der Waals surface area contributed by atoms with Crippen LogP contribution in [0.2, 0.25) is 0 Å². The molecule has 1 N–H and O–H groups in total. The first-order valence-corrected chi connectivity index (χ1v) is 15.5. The number of hydrogen-bond donors (Lipinski definition) is 1. The van der Waals surface area contributed by atoms with E-state index >= 15 is 0 Å². The van der Waals surface area contributed by atoms with Crippen LogP contribution in [0.1, 0.15) is 30.5 Å². The maximum absolute atomic E-state index is 13.6. The monoisotopic (exact) mass is 599 g/mol. The average molecular weight is 600 g/mol. The van der Waals surface area contributed by atoms with Crippen LogP contribution in [-0.4, -0.2) is 42.3 Å². The van der Waals surface area contributed by atoms with Gasteiger partial charge in [0.15, 0.2) is 6.61 Å². The van der Waals surface area contributed by atoms with Crippen LogP contribution in [0.3, 0.4) is 0 Å². The Morgan fingerprint density at radius 1 is 0.930 bits per heavy atom. The molecule has 1 unspecified atom stereocenters. The second-order valence-electron chi connectivity index (χ2n) is 10.4. The zero-order valence-electron chi connectivity index (χ0n) is 23.5. The van der Waals surface area contributed by atoms with Crippen LogP contribution in [0.4, 0.5) is 10.1 Å². The molecule has 8 nitrogen and oxygen atoms in total. The molecule has 0 bridgehead atoms. The summed E-state index contributed by atoms with van der Waals surface area (Å²) in [5.74, 6) is -1.77. The lowest BCUT2D eigenvalue weighted by Crippen LogP contribution is -2.41. The molecule has 5 aromatic rings. The molecule has 1 atom stereocenters. The molecule has 0 saturated carbocycles. The molecule has 0 spiro atoms. The standard InChI is InChI=1S/C33H30FN3O5S/c1-2-36-29-10-6-5-9-27(29)28-19-24(13-16-30(28)36)35-32(38)21-42-33(39)20-31-26-8-4-3-7-22(26)17-18-37(31)43(40,41)25-14-11-23(34)12-15-25/h3-16,19,31H,2,17-18,20-21H2,1H3,(H,35,38). The number of amides is 1. The first kappa shape index (κ1) is 28.6. The van der Waals surface area contributed by atoms with Crippen molar-refractivity contribution in [3.8, 4) is 0 Å². The molecule has 43 heavy (non-hydrogen) atoms.